The van der Waals surface area contributed by atoms with Crippen molar-refractivity contribution in [3.8, 4) is 0 Å². The Morgan fingerprint density at radius 2 is 1.87 bits per heavy atom. The highest BCUT2D eigenvalue weighted by Crippen LogP contribution is 2.29. The zero-order valence-electron chi connectivity index (χ0n) is 23.0. The third kappa shape index (κ3) is 6.39. The molecule has 1 aromatic heterocycles. The van der Waals surface area contributed by atoms with Crippen molar-refractivity contribution in [3.05, 3.63) is 59.4 Å². The van der Waals surface area contributed by atoms with E-state index in [1.54, 1.807) is 6.92 Å². The van der Waals surface area contributed by atoms with E-state index in [1.807, 2.05) is 65.9 Å². The SMILES string of the molecule is CCOC(=O)CCCNC(C)(C(=O)N1CCCC1)c1ccc2c(c1)nc(CNc1ccc(C(=N)N)cc1)n2C. The molecule has 208 valence electrons. The van der Waals surface area contributed by atoms with Crippen molar-refractivity contribution in [1.82, 2.24) is 19.8 Å². The highest BCUT2D eigenvalue weighted by atomic mass is 16.5. The van der Waals surface area contributed by atoms with Crippen LogP contribution in [0.3, 0.4) is 0 Å². The summed E-state index contributed by atoms with van der Waals surface area (Å²) < 4.78 is 7.08. The molecule has 3 aromatic rings. The average molecular weight is 534 g/mol. The number of amides is 1. The van der Waals surface area contributed by atoms with Gasteiger partial charge < -0.3 is 25.3 Å². The molecule has 10 heteroatoms. The molecule has 10 nitrogen and oxygen atoms in total. The van der Waals surface area contributed by atoms with Crippen LogP contribution >= 0.6 is 0 Å². The van der Waals surface area contributed by atoms with Gasteiger partial charge in [0.05, 0.1) is 24.2 Å². The summed E-state index contributed by atoms with van der Waals surface area (Å²) in [5.41, 5.74) is 8.82. The van der Waals surface area contributed by atoms with Crippen LogP contribution in [0.1, 0.15) is 56.5 Å². The monoisotopic (exact) mass is 533 g/mol. The molecule has 0 radical (unpaired) electrons. The number of carbonyl (C=O) groups is 2. The van der Waals surface area contributed by atoms with Crippen molar-refractivity contribution in [2.45, 2.75) is 51.6 Å². The summed E-state index contributed by atoms with van der Waals surface area (Å²) in [6.07, 6.45) is 2.91. The van der Waals surface area contributed by atoms with Gasteiger partial charge in [0, 0.05) is 37.8 Å². The maximum absolute atomic E-state index is 13.7. The molecule has 2 aromatic carbocycles. The van der Waals surface area contributed by atoms with E-state index in [9.17, 15) is 9.59 Å². The lowest BCUT2D eigenvalue weighted by Crippen LogP contribution is -2.53. The van der Waals surface area contributed by atoms with Crippen LogP contribution in [-0.4, -0.2) is 58.4 Å². The molecule has 1 unspecified atom stereocenters. The van der Waals surface area contributed by atoms with Gasteiger partial charge in [0.15, 0.2) is 0 Å². The Morgan fingerprint density at radius 3 is 2.54 bits per heavy atom. The maximum Gasteiger partial charge on any atom is 0.305 e. The number of aromatic nitrogens is 2. The number of nitrogens with zero attached hydrogens (tertiary/aromatic N) is 3. The molecule has 5 N–H and O–H groups in total. The Hall–Kier alpha value is -3.92. The topological polar surface area (TPSA) is 138 Å². The van der Waals surface area contributed by atoms with Crippen LogP contribution in [0.5, 0.6) is 0 Å². The summed E-state index contributed by atoms with van der Waals surface area (Å²) in [6.45, 7) is 6.62. The first kappa shape index (κ1) is 28.1. The second kappa shape index (κ2) is 12.3. The number of rotatable bonds is 12. The zero-order valence-corrected chi connectivity index (χ0v) is 23.0. The number of aryl methyl sites for hydroxylation is 1. The van der Waals surface area contributed by atoms with Crippen molar-refractivity contribution < 1.29 is 14.3 Å². The van der Waals surface area contributed by atoms with Crippen LogP contribution in [0.25, 0.3) is 11.0 Å². The van der Waals surface area contributed by atoms with Gasteiger partial charge in [-0.15, -0.1) is 0 Å². The number of hydrogen-bond acceptors (Lipinski definition) is 7. The molecule has 0 spiro atoms. The van der Waals surface area contributed by atoms with E-state index in [2.05, 4.69) is 10.6 Å². The summed E-state index contributed by atoms with van der Waals surface area (Å²) in [5, 5.41) is 14.4. The number of esters is 1. The molecule has 1 atom stereocenters. The van der Waals surface area contributed by atoms with Crippen LogP contribution in [0.15, 0.2) is 42.5 Å². The lowest BCUT2D eigenvalue weighted by molar-refractivity contribution is -0.143. The van der Waals surface area contributed by atoms with Gasteiger partial charge >= 0.3 is 5.97 Å². The fourth-order valence-electron chi connectivity index (χ4n) is 5.01. The molecular formula is C29H39N7O3. The van der Waals surface area contributed by atoms with Gasteiger partial charge in [-0.1, -0.05) is 6.07 Å². The highest BCUT2D eigenvalue weighted by Gasteiger charge is 2.39. The molecule has 2 heterocycles. The van der Waals surface area contributed by atoms with E-state index < -0.39 is 5.54 Å². The molecule has 1 fully saturated rings. The van der Waals surface area contributed by atoms with E-state index in [4.69, 9.17) is 20.9 Å². The lowest BCUT2D eigenvalue weighted by atomic mass is 9.89. The molecule has 0 bridgehead atoms. The van der Waals surface area contributed by atoms with Crippen molar-refractivity contribution >= 4 is 34.4 Å². The van der Waals surface area contributed by atoms with Gasteiger partial charge in [0.1, 0.15) is 17.2 Å². The van der Waals surface area contributed by atoms with Crippen LogP contribution < -0.4 is 16.4 Å². The molecule has 1 aliphatic heterocycles. The molecule has 1 aliphatic rings. The second-order valence-electron chi connectivity index (χ2n) is 10.1. The molecule has 0 saturated carbocycles. The minimum absolute atomic E-state index is 0.0383. The standard InChI is InChI=1S/C29H39N7O3/c1-4-39-26(37)8-7-15-33-29(2,28(38)36-16-5-6-17-36)21-11-14-24-23(18-21)34-25(35(24)3)19-32-22-12-9-20(10-13-22)27(30)31/h9-14,18,32-33H,4-8,15-17,19H2,1-3H3,(H3,30,31). The van der Waals surface area contributed by atoms with Gasteiger partial charge in [-0.2, -0.15) is 0 Å². The van der Waals surface area contributed by atoms with Gasteiger partial charge in [0.25, 0.3) is 0 Å². The fourth-order valence-corrected chi connectivity index (χ4v) is 5.01. The number of nitrogens with two attached hydrogens (primary N) is 1. The van der Waals surface area contributed by atoms with Gasteiger partial charge in [-0.3, -0.25) is 20.3 Å². The zero-order chi connectivity index (χ0) is 28.0. The van der Waals surface area contributed by atoms with Crippen LogP contribution in [0.2, 0.25) is 0 Å². The number of fused-ring (bicyclic) bond motifs is 1. The number of carbonyl (C=O) groups excluding carboxylic acids is 2. The summed E-state index contributed by atoms with van der Waals surface area (Å²) in [5.74, 6) is 0.712. The van der Waals surface area contributed by atoms with Gasteiger partial charge in [-0.25, -0.2) is 4.98 Å². The number of benzene rings is 2. The Bertz CT molecular complexity index is 1330. The van der Waals surface area contributed by atoms with Crippen molar-refractivity contribution in [3.63, 3.8) is 0 Å². The Kier molecular flexibility index (Phi) is 8.86. The number of likely N-dealkylation sites (tertiary alicyclic amines) is 1. The maximum atomic E-state index is 13.7. The Balaban J connectivity index is 1.54. The fraction of sp³-hybridized carbons (Fsp3) is 0.448. The van der Waals surface area contributed by atoms with Crippen molar-refractivity contribution in [2.24, 2.45) is 12.8 Å². The number of anilines is 1. The third-order valence-corrected chi connectivity index (χ3v) is 7.36. The molecule has 0 aliphatic carbocycles. The summed E-state index contributed by atoms with van der Waals surface area (Å²) >= 11 is 0. The van der Waals surface area contributed by atoms with E-state index in [-0.39, 0.29) is 17.7 Å². The van der Waals surface area contributed by atoms with E-state index >= 15 is 0 Å². The second-order valence-corrected chi connectivity index (χ2v) is 10.1. The minimum atomic E-state index is -0.943. The summed E-state index contributed by atoms with van der Waals surface area (Å²) in [6, 6.07) is 13.4. The van der Waals surface area contributed by atoms with E-state index in [1.165, 1.54) is 0 Å². The number of hydrogen-bond donors (Lipinski definition) is 4. The predicted molar refractivity (Wildman–Crippen MR) is 153 cm³/mol. The largest absolute Gasteiger partial charge is 0.466 e. The first-order valence-corrected chi connectivity index (χ1v) is 13.6. The molecule has 4 rings (SSSR count). The van der Waals surface area contributed by atoms with Crippen molar-refractivity contribution in [1.29, 1.82) is 5.41 Å². The van der Waals surface area contributed by atoms with Gasteiger partial charge in [-0.05, 0) is 81.6 Å². The number of imidazole rings is 1. The first-order chi connectivity index (χ1) is 18.7. The van der Waals surface area contributed by atoms with Crippen LogP contribution in [0.4, 0.5) is 5.69 Å². The lowest BCUT2D eigenvalue weighted by Gasteiger charge is -2.34. The van der Waals surface area contributed by atoms with Crippen LogP contribution in [0, 0.1) is 5.41 Å². The van der Waals surface area contributed by atoms with Crippen molar-refractivity contribution in [2.75, 3.05) is 31.6 Å². The molecular weight excluding hydrogens is 494 g/mol. The average Bonchev–Trinajstić information content (AvgIpc) is 3.58. The summed E-state index contributed by atoms with van der Waals surface area (Å²) in [7, 11) is 1.98. The summed E-state index contributed by atoms with van der Waals surface area (Å²) in [4.78, 5) is 32.3. The number of amidine groups is 1. The number of ether oxygens (including phenoxy) is 1. The first-order valence-electron chi connectivity index (χ1n) is 13.6. The molecule has 1 amide bonds. The third-order valence-electron chi connectivity index (χ3n) is 7.36. The quantitative estimate of drug-likeness (QED) is 0.121. The predicted octanol–water partition coefficient (Wildman–Crippen LogP) is 3.24. The van der Waals surface area contributed by atoms with Gasteiger partial charge in [0.2, 0.25) is 5.91 Å². The number of nitrogen functional groups attached to an aromatic ring is 1. The van der Waals surface area contributed by atoms with E-state index in [0.717, 1.165) is 54.0 Å². The van der Waals surface area contributed by atoms with Crippen LogP contribution in [-0.2, 0) is 33.5 Å². The van der Waals surface area contributed by atoms with E-state index in [0.29, 0.717) is 38.1 Å². The smallest absolute Gasteiger partial charge is 0.305 e. The molecule has 1 saturated heterocycles. The minimum Gasteiger partial charge on any atom is -0.466 e. The Labute approximate surface area is 229 Å². The molecule has 39 heavy (non-hydrogen) atoms. The normalized spacial score (nSPS) is 14.8. The Morgan fingerprint density at radius 1 is 1.15 bits per heavy atom. The number of nitrogens with one attached hydrogen (secondary N) is 3. The highest BCUT2D eigenvalue weighted by molar-refractivity contribution is 5.95.